The highest BCUT2D eigenvalue weighted by atomic mass is 16.2. The van der Waals surface area contributed by atoms with E-state index in [1.807, 2.05) is 36.4 Å². The Kier molecular flexibility index (Phi) is 5.18. The Morgan fingerprint density at radius 3 is 2.00 bits per heavy atom. The summed E-state index contributed by atoms with van der Waals surface area (Å²) in [6.07, 6.45) is 0. The molecule has 2 aromatic carbocycles. The van der Waals surface area contributed by atoms with E-state index in [-0.39, 0.29) is 12.1 Å². The second-order valence-corrected chi connectivity index (χ2v) is 7.10. The molecule has 0 aromatic heterocycles. The van der Waals surface area contributed by atoms with Gasteiger partial charge in [0.15, 0.2) is 0 Å². The van der Waals surface area contributed by atoms with Crippen molar-refractivity contribution in [3.8, 4) is 0 Å². The number of rotatable bonds is 5. The van der Waals surface area contributed by atoms with Crippen molar-refractivity contribution in [1.82, 2.24) is 20.4 Å². The predicted octanol–water partition coefficient (Wildman–Crippen LogP) is 2.08. The van der Waals surface area contributed by atoms with Gasteiger partial charge in [-0.25, -0.2) is 4.79 Å². The molecule has 26 heavy (non-hydrogen) atoms. The zero-order valence-corrected chi connectivity index (χ0v) is 15.0. The molecule has 3 aliphatic rings. The van der Waals surface area contributed by atoms with Crippen molar-refractivity contribution in [2.75, 3.05) is 39.3 Å². The van der Waals surface area contributed by atoms with Crippen LogP contribution in [-0.2, 0) is 0 Å². The minimum Gasteiger partial charge on any atom is -0.337 e. The van der Waals surface area contributed by atoms with Crippen LogP contribution in [-0.4, -0.2) is 61.1 Å². The lowest BCUT2D eigenvalue weighted by Gasteiger charge is -2.47. The van der Waals surface area contributed by atoms with Gasteiger partial charge in [0.2, 0.25) is 0 Å². The minimum atomic E-state index is -0.149. The van der Waals surface area contributed by atoms with Gasteiger partial charge in [-0.15, -0.1) is 0 Å². The zero-order chi connectivity index (χ0) is 17.8. The lowest BCUT2D eigenvalue weighted by Crippen LogP contribution is -2.63. The number of carbonyl (C=O) groups excluding carboxylic acids is 1. The number of fused-ring (bicyclic) bond motifs is 3. The SMILES string of the molecule is O=C(NCC1CN2CCN1CC2)NC(c1ccccc1)c1ccccc1. The van der Waals surface area contributed by atoms with E-state index in [0.29, 0.717) is 12.6 Å². The molecular formula is C21H26N4O. The first-order valence-corrected chi connectivity index (χ1v) is 9.40. The number of hydrogen-bond donors (Lipinski definition) is 2. The molecule has 3 fully saturated rings. The largest absolute Gasteiger partial charge is 0.337 e. The fourth-order valence-corrected chi connectivity index (χ4v) is 3.96. The maximum absolute atomic E-state index is 12.6. The molecular weight excluding hydrogens is 324 g/mol. The monoisotopic (exact) mass is 350 g/mol. The maximum Gasteiger partial charge on any atom is 0.315 e. The van der Waals surface area contributed by atoms with Gasteiger partial charge in [0.1, 0.15) is 0 Å². The average molecular weight is 350 g/mol. The molecule has 3 heterocycles. The highest BCUT2D eigenvalue weighted by Crippen LogP contribution is 2.21. The van der Waals surface area contributed by atoms with E-state index in [1.54, 1.807) is 0 Å². The molecule has 3 saturated heterocycles. The summed E-state index contributed by atoms with van der Waals surface area (Å²) in [7, 11) is 0. The van der Waals surface area contributed by atoms with Crippen LogP contribution in [0, 0.1) is 0 Å². The number of carbonyl (C=O) groups is 1. The van der Waals surface area contributed by atoms with Crippen LogP contribution in [0.25, 0.3) is 0 Å². The molecule has 136 valence electrons. The van der Waals surface area contributed by atoms with Gasteiger partial charge in [-0.05, 0) is 11.1 Å². The third-order valence-electron chi connectivity index (χ3n) is 5.43. The number of piperazine rings is 3. The molecule has 5 nitrogen and oxygen atoms in total. The van der Waals surface area contributed by atoms with Gasteiger partial charge in [-0.1, -0.05) is 60.7 Å². The van der Waals surface area contributed by atoms with E-state index < -0.39 is 0 Å². The summed E-state index contributed by atoms with van der Waals surface area (Å²) in [5.41, 5.74) is 2.17. The fraction of sp³-hybridized carbons (Fsp3) is 0.381. The molecule has 2 N–H and O–H groups in total. The summed E-state index contributed by atoms with van der Waals surface area (Å²) >= 11 is 0. The van der Waals surface area contributed by atoms with Gasteiger partial charge in [0.05, 0.1) is 6.04 Å². The predicted molar refractivity (Wildman–Crippen MR) is 103 cm³/mol. The maximum atomic E-state index is 12.6. The number of hydrogen-bond acceptors (Lipinski definition) is 3. The van der Waals surface area contributed by atoms with Crippen molar-refractivity contribution < 1.29 is 4.79 Å². The number of urea groups is 1. The van der Waals surface area contributed by atoms with Crippen LogP contribution in [0.1, 0.15) is 17.2 Å². The first-order valence-electron chi connectivity index (χ1n) is 9.40. The third kappa shape index (κ3) is 3.89. The zero-order valence-electron chi connectivity index (χ0n) is 15.0. The van der Waals surface area contributed by atoms with Crippen LogP contribution in [0.4, 0.5) is 4.79 Å². The molecule has 2 amide bonds. The van der Waals surface area contributed by atoms with E-state index in [1.165, 1.54) is 0 Å². The molecule has 0 radical (unpaired) electrons. The molecule has 0 saturated carbocycles. The lowest BCUT2D eigenvalue weighted by atomic mass is 9.99. The van der Waals surface area contributed by atoms with Gasteiger partial charge in [-0.2, -0.15) is 0 Å². The molecule has 2 bridgehead atoms. The molecule has 0 spiro atoms. The number of benzene rings is 2. The minimum absolute atomic E-state index is 0.111. The summed E-state index contributed by atoms with van der Waals surface area (Å²) in [4.78, 5) is 17.6. The lowest BCUT2D eigenvalue weighted by molar-refractivity contribution is 0.0148. The second-order valence-electron chi connectivity index (χ2n) is 7.10. The van der Waals surface area contributed by atoms with Crippen LogP contribution >= 0.6 is 0 Å². The molecule has 5 rings (SSSR count). The standard InChI is InChI=1S/C21H26N4O/c26-21(22-15-19-16-24-11-13-25(19)14-12-24)23-20(17-7-3-1-4-8-17)18-9-5-2-6-10-18/h1-10,19-20H,11-16H2,(H2,22,23,26). The third-order valence-corrected chi connectivity index (χ3v) is 5.43. The van der Waals surface area contributed by atoms with E-state index in [9.17, 15) is 4.79 Å². The topological polar surface area (TPSA) is 47.6 Å². The Morgan fingerprint density at radius 1 is 0.923 bits per heavy atom. The first kappa shape index (κ1) is 17.1. The van der Waals surface area contributed by atoms with Crippen LogP contribution in [0.2, 0.25) is 0 Å². The molecule has 3 aliphatic heterocycles. The summed E-state index contributed by atoms with van der Waals surface area (Å²) in [5.74, 6) is 0. The summed E-state index contributed by atoms with van der Waals surface area (Å²) in [6.45, 7) is 6.30. The summed E-state index contributed by atoms with van der Waals surface area (Å²) < 4.78 is 0. The van der Waals surface area contributed by atoms with Crippen molar-refractivity contribution in [1.29, 1.82) is 0 Å². The highest BCUT2D eigenvalue weighted by molar-refractivity contribution is 5.75. The van der Waals surface area contributed by atoms with Crippen LogP contribution in [0.15, 0.2) is 60.7 Å². The Morgan fingerprint density at radius 2 is 1.50 bits per heavy atom. The molecule has 2 aromatic rings. The van der Waals surface area contributed by atoms with Gasteiger partial charge in [-0.3, -0.25) is 9.80 Å². The Bertz CT molecular complexity index is 674. The van der Waals surface area contributed by atoms with Gasteiger partial charge >= 0.3 is 6.03 Å². The van der Waals surface area contributed by atoms with Crippen LogP contribution in [0.3, 0.4) is 0 Å². The molecule has 5 heteroatoms. The van der Waals surface area contributed by atoms with Crippen molar-refractivity contribution >= 4 is 6.03 Å². The molecule has 1 atom stereocenters. The first-order chi connectivity index (χ1) is 12.8. The fourth-order valence-electron chi connectivity index (χ4n) is 3.96. The number of nitrogens with zero attached hydrogens (tertiary/aromatic N) is 2. The van der Waals surface area contributed by atoms with Crippen molar-refractivity contribution in [2.24, 2.45) is 0 Å². The quantitative estimate of drug-likeness (QED) is 0.868. The van der Waals surface area contributed by atoms with Crippen molar-refractivity contribution in [2.45, 2.75) is 12.1 Å². The summed E-state index contributed by atoms with van der Waals surface area (Å²) in [6, 6.07) is 20.4. The molecule has 0 aliphatic carbocycles. The van der Waals surface area contributed by atoms with E-state index in [0.717, 1.165) is 43.9 Å². The summed E-state index contributed by atoms with van der Waals surface area (Å²) in [5, 5.41) is 6.24. The second kappa shape index (κ2) is 7.89. The Balaban J connectivity index is 1.40. The van der Waals surface area contributed by atoms with E-state index in [4.69, 9.17) is 0 Å². The smallest absolute Gasteiger partial charge is 0.315 e. The Hall–Kier alpha value is -2.37. The van der Waals surface area contributed by atoms with E-state index >= 15 is 0 Å². The van der Waals surface area contributed by atoms with E-state index in [2.05, 4.69) is 44.7 Å². The normalized spacial score (nSPS) is 24.4. The van der Waals surface area contributed by atoms with Crippen molar-refractivity contribution in [3.63, 3.8) is 0 Å². The van der Waals surface area contributed by atoms with Gasteiger partial charge < -0.3 is 10.6 Å². The van der Waals surface area contributed by atoms with Crippen molar-refractivity contribution in [3.05, 3.63) is 71.8 Å². The average Bonchev–Trinajstić information content (AvgIpc) is 2.73. The van der Waals surface area contributed by atoms with Crippen LogP contribution < -0.4 is 10.6 Å². The number of nitrogens with one attached hydrogen (secondary N) is 2. The number of amides is 2. The highest BCUT2D eigenvalue weighted by Gasteiger charge is 2.31. The molecule has 1 unspecified atom stereocenters. The van der Waals surface area contributed by atoms with Crippen LogP contribution in [0.5, 0.6) is 0 Å². The van der Waals surface area contributed by atoms with Gasteiger partial charge in [0.25, 0.3) is 0 Å². The Labute approximate surface area is 155 Å². The van der Waals surface area contributed by atoms with Gasteiger partial charge in [0, 0.05) is 45.3 Å².